The van der Waals surface area contributed by atoms with E-state index in [1.165, 1.54) is 0 Å². The van der Waals surface area contributed by atoms with E-state index in [9.17, 15) is 0 Å². The first kappa shape index (κ1) is 23.4. The zero-order valence-electron chi connectivity index (χ0n) is 17.9. The van der Waals surface area contributed by atoms with E-state index in [2.05, 4.69) is 30.5 Å². The van der Waals surface area contributed by atoms with Gasteiger partial charge in [0, 0.05) is 42.8 Å². The highest BCUT2D eigenvalue weighted by atomic mass is 32.1. The van der Waals surface area contributed by atoms with Gasteiger partial charge in [-0.1, -0.05) is 0 Å². The number of rotatable bonds is 0. The molecule has 0 aliphatic carbocycles. The molecule has 0 N–H and O–H groups in total. The summed E-state index contributed by atoms with van der Waals surface area (Å²) in [5.74, 6) is 3.21. The number of hydrogen-bond acceptors (Lipinski definition) is 8. The van der Waals surface area contributed by atoms with Gasteiger partial charge in [-0.25, -0.2) is 15.0 Å². The van der Waals surface area contributed by atoms with Crippen LogP contribution < -0.4 is 0 Å². The monoisotopic (exact) mass is 403 g/mol. The topological polar surface area (TPSA) is 89.7 Å². The molecule has 0 radical (unpaired) electrons. The molecule has 1 aliphatic rings. The molecule has 4 rings (SSSR count). The minimum atomic E-state index is 0.734. The summed E-state index contributed by atoms with van der Waals surface area (Å²) in [4.78, 5) is 11.8. The quantitative estimate of drug-likeness (QED) is 0.489. The Bertz CT molecular complexity index is 749. The zero-order chi connectivity index (χ0) is 21.1. The fourth-order valence-corrected chi connectivity index (χ4v) is 2.61. The Morgan fingerprint density at radius 2 is 1.21 bits per heavy atom. The van der Waals surface area contributed by atoms with E-state index in [1.54, 1.807) is 23.7 Å². The number of thiazole rings is 1. The van der Waals surface area contributed by atoms with Crippen LogP contribution in [0.2, 0.25) is 0 Å². The molecule has 0 unspecified atom stereocenters. The lowest BCUT2D eigenvalue weighted by atomic mass is 10.2. The maximum atomic E-state index is 4.97. The minimum absolute atomic E-state index is 0.734. The second-order valence-electron chi connectivity index (χ2n) is 6.34. The van der Waals surface area contributed by atoms with Crippen LogP contribution >= 0.6 is 11.3 Å². The Balaban J connectivity index is 0.000000187. The molecule has 3 aromatic rings. The van der Waals surface area contributed by atoms with Gasteiger partial charge in [0.2, 0.25) is 0 Å². The Morgan fingerprint density at radius 3 is 1.32 bits per heavy atom. The molecule has 152 valence electrons. The molecule has 7 nitrogen and oxygen atoms in total. The molecule has 0 spiro atoms. The van der Waals surface area contributed by atoms with Crippen molar-refractivity contribution in [1.82, 2.24) is 15.0 Å². The average Bonchev–Trinajstić information content (AvgIpc) is 3.37. The van der Waals surface area contributed by atoms with Crippen molar-refractivity contribution in [3.63, 3.8) is 0 Å². The van der Waals surface area contributed by atoms with Crippen LogP contribution in [-0.4, -0.2) is 26.4 Å². The van der Waals surface area contributed by atoms with Crippen molar-refractivity contribution in [2.45, 2.75) is 61.8 Å². The SMILES string of the molecule is CC1=NN=C(C)C1.Cc1cnc(C)o1.Cc1cnc(C)o1.Cc1csc(C)n1. The highest BCUT2D eigenvalue weighted by molar-refractivity contribution is 7.09. The first-order valence-corrected chi connectivity index (χ1v) is 9.77. The van der Waals surface area contributed by atoms with Crippen LogP contribution in [0.5, 0.6) is 0 Å². The Morgan fingerprint density at radius 1 is 0.750 bits per heavy atom. The summed E-state index contributed by atoms with van der Waals surface area (Å²) in [6.07, 6.45) is 4.38. The van der Waals surface area contributed by atoms with Crippen molar-refractivity contribution < 1.29 is 8.83 Å². The Labute approximate surface area is 170 Å². The second kappa shape index (κ2) is 12.0. The van der Waals surface area contributed by atoms with Crippen molar-refractivity contribution in [2.24, 2.45) is 10.2 Å². The summed E-state index contributed by atoms with van der Waals surface area (Å²) in [5.41, 5.74) is 3.37. The molecule has 0 aromatic carbocycles. The fraction of sp³-hybridized carbons (Fsp3) is 0.450. The van der Waals surface area contributed by atoms with Gasteiger partial charge in [0.05, 0.1) is 17.4 Å². The molecular formula is C20H29N5O2S. The standard InChI is InChI=1S/C5H8N2.2C5H7NO.C5H7NS/c1-4-3-5(2)7-6-4;2*1-4-3-6-5(2)7-4;1-4-3-7-5(2)6-4/h3H2,1-2H3;3*3H,1-2H3. The maximum absolute atomic E-state index is 4.97. The van der Waals surface area contributed by atoms with Crippen LogP contribution in [-0.2, 0) is 0 Å². The summed E-state index contributed by atoms with van der Waals surface area (Å²) in [6.45, 7) is 15.4. The van der Waals surface area contributed by atoms with E-state index >= 15 is 0 Å². The van der Waals surface area contributed by atoms with E-state index in [4.69, 9.17) is 8.83 Å². The molecule has 1 aliphatic heterocycles. The Hall–Kier alpha value is -2.61. The average molecular weight is 404 g/mol. The van der Waals surface area contributed by atoms with E-state index in [0.29, 0.717) is 0 Å². The number of oxazole rings is 2. The van der Waals surface area contributed by atoms with E-state index < -0.39 is 0 Å². The van der Waals surface area contributed by atoms with Gasteiger partial charge >= 0.3 is 0 Å². The first-order chi connectivity index (χ1) is 13.2. The highest BCUT2D eigenvalue weighted by Crippen LogP contribution is 2.05. The normalized spacial score (nSPS) is 11.9. The molecule has 8 heteroatoms. The predicted octanol–water partition coefficient (Wildman–Crippen LogP) is 5.57. The van der Waals surface area contributed by atoms with Crippen LogP contribution in [0, 0.1) is 41.5 Å². The number of nitrogens with zero attached hydrogens (tertiary/aromatic N) is 5. The van der Waals surface area contributed by atoms with Crippen molar-refractivity contribution >= 4 is 22.8 Å². The lowest BCUT2D eigenvalue weighted by Gasteiger charge is -1.80. The van der Waals surface area contributed by atoms with Crippen molar-refractivity contribution in [1.29, 1.82) is 0 Å². The maximum Gasteiger partial charge on any atom is 0.191 e. The van der Waals surface area contributed by atoms with Gasteiger partial charge < -0.3 is 8.83 Å². The summed E-state index contributed by atoms with van der Waals surface area (Å²) < 4.78 is 9.94. The molecule has 28 heavy (non-hydrogen) atoms. The Kier molecular flexibility index (Phi) is 10.0. The molecule has 0 atom stereocenters. The van der Waals surface area contributed by atoms with Crippen LogP contribution in [0.4, 0.5) is 0 Å². The third-order valence-electron chi connectivity index (χ3n) is 3.11. The molecule has 3 aromatic heterocycles. The van der Waals surface area contributed by atoms with Crippen LogP contribution in [0.15, 0.2) is 36.8 Å². The van der Waals surface area contributed by atoms with Crippen molar-refractivity contribution in [3.05, 3.63) is 51.8 Å². The van der Waals surface area contributed by atoms with Gasteiger partial charge in [0.1, 0.15) is 11.5 Å². The smallest absolute Gasteiger partial charge is 0.191 e. The van der Waals surface area contributed by atoms with Gasteiger partial charge in [-0.3, -0.25) is 0 Å². The van der Waals surface area contributed by atoms with Crippen molar-refractivity contribution in [2.75, 3.05) is 0 Å². The van der Waals surface area contributed by atoms with Crippen LogP contribution in [0.3, 0.4) is 0 Å². The molecular weight excluding hydrogens is 374 g/mol. The highest BCUT2D eigenvalue weighted by Gasteiger charge is 2.00. The third-order valence-corrected chi connectivity index (χ3v) is 4.00. The number of aromatic nitrogens is 3. The van der Waals surface area contributed by atoms with E-state index in [-0.39, 0.29) is 0 Å². The molecule has 0 saturated heterocycles. The minimum Gasteiger partial charge on any atom is -0.446 e. The van der Waals surface area contributed by atoms with Gasteiger partial charge in [0.15, 0.2) is 11.8 Å². The lowest BCUT2D eigenvalue weighted by molar-refractivity contribution is 0.494. The van der Waals surface area contributed by atoms with Gasteiger partial charge in [0.25, 0.3) is 0 Å². The molecule has 4 heterocycles. The molecule has 0 fully saturated rings. The summed E-state index contributed by atoms with van der Waals surface area (Å²) in [6, 6.07) is 0. The summed E-state index contributed by atoms with van der Waals surface area (Å²) >= 11 is 1.69. The summed E-state index contributed by atoms with van der Waals surface area (Å²) in [5, 5.41) is 10.8. The summed E-state index contributed by atoms with van der Waals surface area (Å²) in [7, 11) is 0. The van der Waals surface area contributed by atoms with Crippen LogP contribution in [0.25, 0.3) is 0 Å². The van der Waals surface area contributed by atoms with Gasteiger partial charge in [-0.05, 0) is 41.5 Å². The molecule has 0 saturated carbocycles. The van der Waals surface area contributed by atoms with Crippen LogP contribution in [0.1, 0.15) is 54.3 Å². The first-order valence-electron chi connectivity index (χ1n) is 8.89. The fourth-order valence-electron chi connectivity index (χ4n) is 2.02. The predicted molar refractivity (Wildman–Crippen MR) is 114 cm³/mol. The third kappa shape index (κ3) is 10.5. The molecule has 0 bridgehead atoms. The molecule has 0 amide bonds. The second-order valence-corrected chi connectivity index (χ2v) is 7.40. The van der Waals surface area contributed by atoms with E-state index in [1.807, 2.05) is 55.4 Å². The number of aryl methyl sites for hydroxylation is 6. The lowest BCUT2D eigenvalue weighted by Crippen LogP contribution is -1.90. The van der Waals surface area contributed by atoms with Gasteiger partial charge in [-0.2, -0.15) is 10.2 Å². The van der Waals surface area contributed by atoms with Gasteiger partial charge in [-0.15, -0.1) is 11.3 Å². The largest absolute Gasteiger partial charge is 0.446 e. The van der Waals surface area contributed by atoms with Crippen molar-refractivity contribution in [3.8, 4) is 0 Å². The zero-order valence-corrected chi connectivity index (χ0v) is 18.7. The van der Waals surface area contributed by atoms with E-state index in [0.717, 1.165) is 51.8 Å². The number of hydrogen-bond donors (Lipinski definition) is 0.